The average molecular weight is 349 g/mol. The number of nitrogens with one attached hydrogen (secondary N) is 1. The van der Waals surface area contributed by atoms with Gasteiger partial charge in [0.2, 0.25) is 0 Å². The van der Waals surface area contributed by atoms with Crippen molar-refractivity contribution in [1.29, 1.82) is 0 Å². The van der Waals surface area contributed by atoms with Crippen molar-refractivity contribution < 1.29 is 9.13 Å². The highest BCUT2D eigenvalue weighted by Crippen LogP contribution is 2.24. The van der Waals surface area contributed by atoms with E-state index in [0.717, 1.165) is 50.6 Å². The minimum absolute atomic E-state index is 0.195. The molecular weight excluding hydrogens is 317 g/mol. The topological polar surface area (TPSA) is 36.9 Å². The van der Waals surface area contributed by atoms with Crippen LogP contribution in [0.15, 0.2) is 29.3 Å². The van der Waals surface area contributed by atoms with E-state index in [0.29, 0.717) is 12.6 Å². The second-order valence-electron chi connectivity index (χ2n) is 7.21. The molecule has 0 atom stereocenters. The number of nitrogens with zero attached hydrogens (tertiary/aromatic N) is 2. The Morgan fingerprint density at radius 2 is 2.04 bits per heavy atom. The van der Waals surface area contributed by atoms with Crippen LogP contribution in [0.4, 0.5) is 4.39 Å². The van der Waals surface area contributed by atoms with Gasteiger partial charge < -0.3 is 15.0 Å². The Balaban J connectivity index is 2.04. The van der Waals surface area contributed by atoms with Crippen molar-refractivity contribution in [3.05, 3.63) is 35.6 Å². The number of aliphatic imine (C=N–C) groups is 1. The van der Waals surface area contributed by atoms with Crippen LogP contribution >= 0.6 is 0 Å². The summed E-state index contributed by atoms with van der Waals surface area (Å²) in [5.74, 6) is 0.751. The lowest BCUT2D eigenvalue weighted by molar-refractivity contribution is 0.0263. The molecular formula is C20H32FN3O. The van der Waals surface area contributed by atoms with Crippen molar-refractivity contribution in [1.82, 2.24) is 10.2 Å². The third-order valence-corrected chi connectivity index (χ3v) is 4.71. The molecule has 1 saturated heterocycles. The lowest BCUT2D eigenvalue weighted by Gasteiger charge is -2.34. The van der Waals surface area contributed by atoms with E-state index in [2.05, 4.69) is 31.0 Å². The van der Waals surface area contributed by atoms with Crippen LogP contribution in [0.25, 0.3) is 0 Å². The Kier molecular flexibility index (Phi) is 7.24. The van der Waals surface area contributed by atoms with E-state index in [4.69, 9.17) is 9.73 Å². The summed E-state index contributed by atoms with van der Waals surface area (Å²) in [4.78, 5) is 7.16. The molecule has 1 aliphatic heterocycles. The van der Waals surface area contributed by atoms with E-state index in [-0.39, 0.29) is 11.2 Å². The van der Waals surface area contributed by atoms with Crippen molar-refractivity contribution in [2.24, 2.45) is 4.99 Å². The molecule has 0 aromatic heterocycles. The summed E-state index contributed by atoms with van der Waals surface area (Å²) in [7, 11) is 0. The molecule has 5 heteroatoms. The molecule has 1 heterocycles. The van der Waals surface area contributed by atoms with Crippen LogP contribution in [0.5, 0.6) is 0 Å². The van der Waals surface area contributed by atoms with E-state index >= 15 is 0 Å². The number of likely N-dealkylation sites (tertiary alicyclic amines) is 1. The zero-order valence-corrected chi connectivity index (χ0v) is 16.0. The predicted octanol–water partition coefficient (Wildman–Crippen LogP) is 3.57. The number of hydrogen-bond donors (Lipinski definition) is 1. The zero-order valence-electron chi connectivity index (χ0n) is 16.0. The number of piperidine rings is 1. The summed E-state index contributed by atoms with van der Waals surface area (Å²) >= 11 is 0. The largest absolute Gasteiger partial charge is 0.378 e. The van der Waals surface area contributed by atoms with Crippen LogP contribution in [0.2, 0.25) is 0 Å². The van der Waals surface area contributed by atoms with Gasteiger partial charge in [0.1, 0.15) is 5.82 Å². The van der Waals surface area contributed by atoms with Gasteiger partial charge in [-0.05, 0) is 44.4 Å². The molecule has 1 aromatic rings. The van der Waals surface area contributed by atoms with Gasteiger partial charge >= 0.3 is 0 Å². The third kappa shape index (κ3) is 5.70. The molecule has 1 aliphatic rings. The van der Waals surface area contributed by atoms with Crippen LogP contribution in [-0.4, -0.2) is 49.7 Å². The molecule has 0 aliphatic carbocycles. The monoisotopic (exact) mass is 349 g/mol. The minimum atomic E-state index is -0.216. The van der Waals surface area contributed by atoms with Crippen molar-refractivity contribution in [2.75, 3.05) is 32.8 Å². The molecule has 25 heavy (non-hydrogen) atoms. The van der Waals surface area contributed by atoms with E-state index in [9.17, 15) is 4.39 Å². The number of ether oxygens (including phenoxy) is 1. The average Bonchev–Trinajstić information content (AvgIpc) is 2.60. The van der Waals surface area contributed by atoms with Gasteiger partial charge in [-0.25, -0.2) is 4.39 Å². The fourth-order valence-electron chi connectivity index (χ4n) is 3.17. The van der Waals surface area contributed by atoms with Gasteiger partial charge in [0.05, 0.1) is 12.6 Å². The highest BCUT2D eigenvalue weighted by atomic mass is 19.1. The summed E-state index contributed by atoms with van der Waals surface area (Å²) in [5, 5.41) is 3.40. The third-order valence-electron chi connectivity index (χ3n) is 4.71. The molecule has 0 unspecified atom stereocenters. The molecule has 0 saturated carbocycles. The molecule has 0 spiro atoms. The number of guanidine groups is 1. The van der Waals surface area contributed by atoms with Crippen LogP contribution in [0.3, 0.4) is 0 Å². The standard InChI is InChI=1S/C20H32FN3O/c1-5-22-19(24-12-10-18(11-13-24)25-6-2)23-15-20(3,4)16-8-7-9-17(21)14-16/h7-9,14,18H,5-6,10-13,15H2,1-4H3,(H,22,23). The second kappa shape index (κ2) is 9.18. The van der Waals surface area contributed by atoms with E-state index < -0.39 is 0 Å². The molecule has 1 N–H and O–H groups in total. The van der Waals surface area contributed by atoms with Crippen molar-refractivity contribution in [2.45, 2.75) is 52.1 Å². The number of hydrogen-bond acceptors (Lipinski definition) is 2. The molecule has 4 nitrogen and oxygen atoms in total. The Hall–Kier alpha value is -1.62. The van der Waals surface area contributed by atoms with Crippen LogP contribution < -0.4 is 5.32 Å². The maximum absolute atomic E-state index is 13.5. The molecule has 140 valence electrons. The smallest absolute Gasteiger partial charge is 0.193 e. The first-order chi connectivity index (χ1) is 12.0. The highest BCUT2D eigenvalue weighted by Gasteiger charge is 2.24. The normalized spacial score (nSPS) is 17.0. The Labute approximate surface area is 151 Å². The van der Waals surface area contributed by atoms with Gasteiger partial charge in [0.25, 0.3) is 0 Å². The summed E-state index contributed by atoms with van der Waals surface area (Å²) in [6.07, 6.45) is 2.43. The quantitative estimate of drug-likeness (QED) is 0.630. The van der Waals surface area contributed by atoms with Crippen molar-refractivity contribution in [3.8, 4) is 0 Å². The van der Waals surface area contributed by atoms with Crippen LogP contribution in [0.1, 0.15) is 46.1 Å². The van der Waals surface area contributed by atoms with Gasteiger partial charge in [0.15, 0.2) is 5.96 Å². The lowest BCUT2D eigenvalue weighted by Crippen LogP contribution is -2.47. The number of benzene rings is 1. The number of halogens is 1. The first-order valence-corrected chi connectivity index (χ1v) is 9.37. The first-order valence-electron chi connectivity index (χ1n) is 9.37. The first kappa shape index (κ1) is 19.7. The van der Waals surface area contributed by atoms with E-state index in [1.807, 2.05) is 13.0 Å². The molecule has 1 fully saturated rings. The van der Waals surface area contributed by atoms with Gasteiger partial charge in [-0.1, -0.05) is 26.0 Å². The van der Waals surface area contributed by atoms with Crippen LogP contribution in [0, 0.1) is 5.82 Å². The minimum Gasteiger partial charge on any atom is -0.378 e. The van der Waals surface area contributed by atoms with Gasteiger partial charge in [0, 0.05) is 31.7 Å². The van der Waals surface area contributed by atoms with Gasteiger partial charge in [-0.3, -0.25) is 4.99 Å². The second-order valence-corrected chi connectivity index (χ2v) is 7.21. The Morgan fingerprint density at radius 3 is 2.64 bits per heavy atom. The summed E-state index contributed by atoms with van der Waals surface area (Å²) in [5.41, 5.74) is 0.758. The molecule has 0 radical (unpaired) electrons. The summed E-state index contributed by atoms with van der Waals surface area (Å²) in [6, 6.07) is 6.82. The Bertz CT molecular complexity index is 566. The van der Waals surface area contributed by atoms with E-state index in [1.165, 1.54) is 6.07 Å². The van der Waals surface area contributed by atoms with Crippen molar-refractivity contribution in [3.63, 3.8) is 0 Å². The fraction of sp³-hybridized carbons (Fsp3) is 0.650. The van der Waals surface area contributed by atoms with Gasteiger partial charge in [-0.15, -0.1) is 0 Å². The van der Waals surface area contributed by atoms with E-state index in [1.54, 1.807) is 12.1 Å². The molecule has 2 rings (SSSR count). The van der Waals surface area contributed by atoms with Crippen LogP contribution in [-0.2, 0) is 10.2 Å². The summed E-state index contributed by atoms with van der Waals surface area (Å²) < 4.78 is 19.3. The molecule has 0 bridgehead atoms. The zero-order chi connectivity index (χ0) is 18.3. The van der Waals surface area contributed by atoms with Gasteiger partial charge in [-0.2, -0.15) is 0 Å². The van der Waals surface area contributed by atoms with Crippen molar-refractivity contribution >= 4 is 5.96 Å². The fourth-order valence-corrected chi connectivity index (χ4v) is 3.17. The maximum atomic E-state index is 13.5. The molecule has 0 amide bonds. The molecule has 1 aromatic carbocycles. The highest BCUT2D eigenvalue weighted by molar-refractivity contribution is 5.80. The predicted molar refractivity (Wildman–Crippen MR) is 102 cm³/mol. The SMILES string of the molecule is CCNC(=NCC(C)(C)c1cccc(F)c1)N1CCC(OCC)CC1. The maximum Gasteiger partial charge on any atom is 0.193 e. The summed E-state index contributed by atoms with van der Waals surface area (Å²) in [6.45, 7) is 12.5. The Morgan fingerprint density at radius 1 is 1.32 bits per heavy atom. The number of rotatable bonds is 6. The lowest BCUT2D eigenvalue weighted by atomic mass is 9.85.